The standard InChI is InChI=1S/C12H25NO2S/c1-5-10(14)7-8-13-12(15)11(9(3)4)16-6-2/h9-11,14H,5-8H2,1-4H3,(H,13,15). The summed E-state index contributed by atoms with van der Waals surface area (Å²) in [4.78, 5) is 11.8. The van der Waals surface area contributed by atoms with E-state index in [1.165, 1.54) is 0 Å². The highest BCUT2D eigenvalue weighted by Crippen LogP contribution is 2.19. The molecule has 0 aliphatic rings. The Morgan fingerprint density at radius 3 is 2.44 bits per heavy atom. The van der Waals surface area contributed by atoms with Gasteiger partial charge in [-0.15, -0.1) is 11.8 Å². The minimum Gasteiger partial charge on any atom is -0.393 e. The summed E-state index contributed by atoms with van der Waals surface area (Å²) in [5.74, 6) is 1.40. The van der Waals surface area contributed by atoms with Crippen LogP contribution in [0.3, 0.4) is 0 Å². The molecular weight excluding hydrogens is 222 g/mol. The predicted octanol–water partition coefficient (Wildman–Crippen LogP) is 2.04. The molecule has 0 saturated heterocycles. The fraction of sp³-hybridized carbons (Fsp3) is 0.917. The number of rotatable bonds is 8. The van der Waals surface area contributed by atoms with Crippen LogP contribution >= 0.6 is 11.8 Å². The molecule has 0 aliphatic carbocycles. The van der Waals surface area contributed by atoms with E-state index in [1.807, 2.05) is 6.92 Å². The Labute approximate surface area is 103 Å². The van der Waals surface area contributed by atoms with Crippen molar-refractivity contribution in [3.05, 3.63) is 0 Å². The molecule has 0 aliphatic heterocycles. The molecule has 2 N–H and O–H groups in total. The molecule has 3 nitrogen and oxygen atoms in total. The van der Waals surface area contributed by atoms with Crippen molar-refractivity contribution >= 4 is 17.7 Å². The Bertz CT molecular complexity index is 197. The van der Waals surface area contributed by atoms with Crippen molar-refractivity contribution in [2.24, 2.45) is 5.92 Å². The largest absolute Gasteiger partial charge is 0.393 e. The van der Waals surface area contributed by atoms with Gasteiger partial charge in [0.2, 0.25) is 5.91 Å². The first kappa shape index (κ1) is 15.8. The summed E-state index contributed by atoms with van der Waals surface area (Å²) < 4.78 is 0. The van der Waals surface area contributed by atoms with E-state index in [2.05, 4.69) is 26.1 Å². The van der Waals surface area contributed by atoms with Gasteiger partial charge >= 0.3 is 0 Å². The first-order chi connectivity index (χ1) is 7.52. The van der Waals surface area contributed by atoms with E-state index in [1.54, 1.807) is 11.8 Å². The molecule has 0 spiro atoms. The van der Waals surface area contributed by atoms with Crippen molar-refractivity contribution in [1.29, 1.82) is 0 Å². The van der Waals surface area contributed by atoms with Crippen molar-refractivity contribution in [2.75, 3.05) is 12.3 Å². The first-order valence-electron chi connectivity index (χ1n) is 6.10. The molecule has 1 amide bonds. The highest BCUT2D eigenvalue weighted by Gasteiger charge is 2.21. The third kappa shape index (κ3) is 6.38. The van der Waals surface area contributed by atoms with Crippen molar-refractivity contribution in [2.45, 2.75) is 51.9 Å². The van der Waals surface area contributed by atoms with Gasteiger partial charge in [-0.1, -0.05) is 27.7 Å². The predicted molar refractivity (Wildman–Crippen MR) is 70.7 cm³/mol. The highest BCUT2D eigenvalue weighted by atomic mass is 32.2. The number of aliphatic hydroxyl groups excluding tert-OH is 1. The lowest BCUT2D eigenvalue weighted by Crippen LogP contribution is -2.37. The van der Waals surface area contributed by atoms with Crippen molar-refractivity contribution in [1.82, 2.24) is 5.32 Å². The van der Waals surface area contributed by atoms with Crippen molar-refractivity contribution in [3.63, 3.8) is 0 Å². The van der Waals surface area contributed by atoms with Crippen LogP contribution in [0.25, 0.3) is 0 Å². The quantitative estimate of drug-likeness (QED) is 0.690. The second-order valence-electron chi connectivity index (χ2n) is 4.26. The molecular formula is C12H25NO2S. The molecule has 4 heteroatoms. The zero-order chi connectivity index (χ0) is 12.6. The fourth-order valence-corrected chi connectivity index (χ4v) is 2.40. The lowest BCUT2D eigenvalue weighted by Gasteiger charge is -2.19. The summed E-state index contributed by atoms with van der Waals surface area (Å²) in [5.41, 5.74) is 0. The molecule has 16 heavy (non-hydrogen) atoms. The van der Waals surface area contributed by atoms with Crippen molar-refractivity contribution in [3.8, 4) is 0 Å². The summed E-state index contributed by atoms with van der Waals surface area (Å²) in [5, 5.41) is 12.3. The van der Waals surface area contributed by atoms with Gasteiger partial charge < -0.3 is 10.4 Å². The molecule has 0 heterocycles. The van der Waals surface area contributed by atoms with E-state index in [9.17, 15) is 9.90 Å². The zero-order valence-corrected chi connectivity index (χ0v) is 11.6. The van der Waals surface area contributed by atoms with Crippen LogP contribution in [0, 0.1) is 5.92 Å². The lowest BCUT2D eigenvalue weighted by molar-refractivity contribution is -0.121. The van der Waals surface area contributed by atoms with E-state index in [-0.39, 0.29) is 17.3 Å². The van der Waals surface area contributed by atoms with Gasteiger partial charge in [0, 0.05) is 6.54 Å². The van der Waals surface area contributed by atoms with Crippen LogP contribution < -0.4 is 5.32 Å². The lowest BCUT2D eigenvalue weighted by atomic mass is 10.1. The smallest absolute Gasteiger partial charge is 0.233 e. The first-order valence-corrected chi connectivity index (χ1v) is 7.15. The maximum Gasteiger partial charge on any atom is 0.233 e. The molecule has 96 valence electrons. The topological polar surface area (TPSA) is 49.3 Å². The summed E-state index contributed by atoms with van der Waals surface area (Å²) in [6, 6.07) is 0. The number of nitrogens with one attached hydrogen (secondary N) is 1. The molecule has 0 saturated carbocycles. The minimum atomic E-state index is -0.295. The minimum absolute atomic E-state index is 0.0313. The van der Waals surface area contributed by atoms with Gasteiger partial charge in [-0.05, 0) is 24.5 Å². The van der Waals surface area contributed by atoms with Crippen LogP contribution in [-0.2, 0) is 4.79 Å². The molecule has 0 radical (unpaired) electrons. The van der Waals surface area contributed by atoms with Gasteiger partial charge in [0.1, 0.15) is 0 Å². The molecule has 0 aromatic carbocycles. The normalized spacial score (nSPS) is 14.9. The van der Waals surface area contributed by atoms with E-state index < -0.39 is 0 Å². The van der Waals surface area contributed by atoms with E-state index in [0.717, 1.165) is 12.2 Å². The monoisotopic (exact) mass is 247 g/mol. The molecule has 0 rings (SSSR count). The number of amides is 1. The van der Waals surface area contributed by atoms with Crippen LogP contribution in [0.4, 0.5) is 0 Å². The van der Waals surface area contributed by atoms with E-state index >= 15 is 0 Å². The number of carbonyl (C=O) groups excluding carboxylic acids is 1. The van der Waals surface area contributed by atoms with Gasteiger partial charge in [0.15, 0.2) is 0 Å². The van der Waals surface area contributed by atoms with E-state index in [0.29, 0.717) is 18.9 Å². The summed E-state index contributed by atoms with van der Waals surface area (Å²) in [7, 11) is 0. The second kappa shape index (κ2) is 8.88. The Morgan fingerprint density at radius 1 is 1.38 bits per heavy atom. The average molecular weight is 247 g/mol. The van der Waals surface area contributed by atoms with E-state index in [4.69, 9.17) is 0 Å². The maximum atomic E-state index is 11.8. The van der Waals surface area contributed by atoms with Gasteiger partial charge in [0.05, 0.1) is 11.4 Å². The number of hydrogen-bond donors (Lipinski definition) is 2. The number of carbonyl (C=O) groups is 1. The van der Waals surface area contributed by atoms with Gasteiger partial charge in [0.25, 0.3) is 0 Å². The third-order valence-electron chi connectivity index (χ3n) is 2.46. The second-order valence-corrected chi connectivity index (χ2v) is 5.68. The Hall–Kier alpha value is -0.220. The average Bonchev–Trinajstić information content (AvgIpc) is 2.24. The SMILES string of the molecule is CCSC(C(=O)NCCC(O)CC)C(C)C. The number of aliphatic hydroxyl groups is 1. The van der Waals surface area contributed by atoms with Crippen molar-refractivity contribution < 1.29 is 9.90 Å². The fourth-order valence-electron chi connectivity index (χ4n) is 1.42. The van der Waals surface area contributed by atoms with Crippen LogP contribution in [0.2, 0.25) is 0 Å². The van der Waals surface area contributed by atoms with Gasteiger partial charge in [-0.2, -0.15) is 0 Å². The molecule has 2 atom stereocenters. The molecule has 0 aromatic heterocycles. The summed E-state index contributed by atoms with van der Waals surface area (Å²) in [6.45, 7) is 8.70. The van der Waals surface area contributed by atoms with Crippen LogP contribution in [-0.4, -0.2) is 34.7 Å². The molecule has 2 unspecified atom stereocenters. The highest BCUT2D eigenvalue weighted by molar-refractivity contribution is 8.00. The van der Waals surface area contributed by atoms with Crippen LogP contribution in [0.15, 0.2) is 0 Å². The van der Waals surface area contributed by atoms with Crippen LogP contribution in [0.1, 0.15) is 40.5 Å². The maximum absolute atomic E-state index is 11.8. The Morgan fingerprint density at radius 2 is 2.00 bits per heavy atom. The third-order valence-corrected chi connectivity index (χ3v) is 3.91. The molecule has 0 fully saturated rings. The Balaban J connectivity index is 3.92. The molecule has 0 aromatic rings. The summed E-state index contributed by atoms with van der Waals surface area (Å²) >= 11 is 1.68. The summed E-state index contributed by atoms with van der Waals surface area (Å²) in [6.07, 6.45) is 1.09. The molecule has 0 bridgehead atoms. The Kier molecular flexibility index (Phi) is 8.76. The zero-order valence-electron chi connectivity index (χ0n) is 10.8. The van der Waals surface area contributed by atoms with Crippen LogP contribution in [0.5, 0.6) is 0 Å². The number of thioether (sulfide) groups is 1. The van der Waals surface area contributed by atoms with Gasteiger partial charge in [-0.3, -0.25) is 4.79 Å². The van der Waals surface area contributed by atoms with Gasteiger partial charge in [-0.25, -0.2) is 0 Å². The number of hydrogen-bond acceptors (Lipinski definition) is 3.